The molecule has 0 saturated carbocycles. The lowest BCUT2D eigenvalue weighted by Crippen LogP contribution is -2.31. The Morgan fingerprint density at radius 1 is 1.00 bits per heavy atom. The Morgan fingerprint density at radius 3 is 2.28 bits per heavy atom. The average molecular weight is 405 g/mol. The van der Waals surface area contributed by atoms with E-state index in [4.69, 9.17) is 0 Å². The number of aryl methyl sites for hydroxylation is 1. The summed E-state index contributed by atoms with van der Waals surface area (Å²) in [5.74, 6) is -0.782. The van der Waals surface area contributed by atoms with Crippen molar-refractivity contribution in [3.05, 3.63) is 70.6 Å². The Morgan fingerprint density at radius 2 is 1.62 bits per heavy atom. The molecule has 0 atom stereocenters. The molecule has 4 rings (SSSR count). The number of hydrogen-bond donors (Lipinski definition) is 1. The first-order valence-electron chi connectivity index (χ1n) is 9.31. The molecule has 146 valence electrons. The van der Waals surface area contributed by atoms with Gasteiger partial charge in [-0.2, -0.15) is 0 Å². The number of hydrogen-bond acceptors (Lipinski definition) is 5. The number of carbonyl (C=O) groups excluding carboxylic acids is 3. The molecule has 0 unspecified atom stereocenters. The summed E-state index contributed by atoms with van der Waals surface area (Å²) < 4.78 is 0. The zero-order valence-corrected chi connectivity index (χ0v) is 16.7. The van der Waals surface area contributed by atoms with Crippen molar-refractivity contribution in [3.8, 4) is 11.3 Å². The molecule has 0 aliphatic carbocycles. The highest BCUT2D eigenvalue weighted by atomic mass is 32.1. The van der Waals surface area contributed by atoms with Crippen LogP contribution in [-0.4, -0.2) is 34.2 Å². The van der Waals surface area contributed by atoms with Gasteiger partial charge >= 0.3 is 0 Å². The van der Waals surface area contributed by atoms with Crippen LogP contribution in [0, 0.1) is 6.92 Å². The molecule has 0 spiro atoms. The van der Waals surface area contributed by atoms with Gasteiger partial charge in [-0.05, 0) is 31.0 Å². The summed E-state index contributed by atoms with van der Waals surface area (Å²) in [5, 5.41) is 5.25. The van der Waals surface area contributed by atoms with Crippen molar-refractivity contribution in [1.29, 1.82) is 0 Å². The monoisotopic (exact) mass is 405 g/mol. The first-order valence-corrected chi connectivity index (χ1v) is 10.2. The third-order valence-electron chi connectivity index (χ3n) is 4.84. The number of thiazole rings is 1. The van der Waals surface area contributed by atoms with Gasteiger partial charge in [0.2, 0.25) is 5.91 Å². The zero-order valence-electron chi connectivity index (χ0n) is 15.8. The number of nitrogens with zero attached hydrogens (tertiary/aromatic N) is 2. The second kappa shape index (κ2) is 7.97. The number of carbonyl (C=O) groups is 3. The number of rotatable bonds is 6. The summed E-state index contributed by atoms with van der Waals surface area (Å²) in [5.41, 5.74) is 3.84. The standard InChI is InChI=1S/C22H19N3O3S/c1-14-7-2-3-8-15(14)18-13-29-22(23-18)24-19(26)11-6-12-25-20(27)16-9-4-5-10-17(16)21(25)28/h2-5,7-10,13H,6,11-12H2,1H3,(H,23,24,26). The maximum absolute atomic E-state index is 12.3. The predicted octanol–water partition coefficient (Wildman–Crippen LogP) is 4.13. The van der Waals surface area contributed by atoms with Crippen LogP contribution in [-0.2, 0) is 4.79 Å². The second-order valence-corrected chi connectivity index (χ2v) is 7.67. The lowest BCUT2D eigenvalue weighted by molar-refractivity contribution is -0.116. The topological polar surface area (TPSA) is 79.4 Å². The largest absolute Gasteiger partial charge is 0.302 e. The van der Waals surface area contributed by atoms with Crippen LogP contribution in [0.2, 0.25) is 0 Å². The van der Waals surface area contributed by atoms with Gasteiger partial charge < -0.3 is 5.32 Å². The van der Waals surface area contributed by atoms with E-state index in [0.717, 1.165) is 16.8 Å². The lowest BCUT2D eigenvalue weighted by atomic mass is 10.1. The molecule has 29 heavy (non-hydrogen) atoms. The minimum atomic E-state index is -0.297. The van der Waals surface area contributed by atoms with Crippen LogP contribution >= 0.6 is 11.3 Å². The van der Waals surface area contributed by atoms with Gasteiger partial charge in [0.05, 0.1) is 16.8 Å². The molecule has 0 bridgehead atoms. The van der Waals surface area contributed by atoms with Crippen LogP contribution < -0.4 is 5.32 Å². The minimum Gasteiger partial charge on any atom is -0.302 e. The average Bonchev–Trinajstić information content (AvgIpc) is 3.27. The summed E-state index contributed by atoms with van der Waals surface area (Å²) in [6.45, 7) is 2.23. The second-order valence-electron chi connectivity index (χ2n) is 6.81. The molecule has 1 aromatic heterocycles. The van der Waals surface area contributed by atoms with E-state index >= 15 is 0 Å². The normalized spacial score (nSPS) is 12.9. The molecule has 6 nitrogen and oxygen atoms in total. The molecule has 0 radical (unpaired) electrons. The van der Waals surface area contributed by atoms with Crippen molar-refractivity contribution in [2.45, 2.75) is 19.8 Å². The summed E-state index contributed by atoms with van der Waals surface area (Å²) in [4.78, 5) is 42.6. The number of anilines is 1. The van der Waals surface area contributed by atoms with E-state index in [9.17, 15) is 14.4 Å². The van der Waals surface area contributed by atoms with Crippen LogP contribution in [0.25, 0.3) is 11.3 Å². The Bertz CT molecular complexity index is 1070. The molecule has 1 N–H and O–H groups in total. The van der Waals surface area contributed by atoms with Gasteiger partial charge in [0.25, 0.3) is 11.8 Å². The molecule has 2 heterocycles. The molecule has 1 aliphatic heterocycles. The van der Waals surface area contributed by atoms with Crippen LogP contribution in [0.1, 0.15) is 39.1 Å². The maximum Gasteiger partial charge on any atom is 0.261 e. The first-order chi connectivity index (χ1) is 14.0. The maximum atomic E-state index is 12.3. The molecule has 2 aromatic carbocycles. The van der Waals surface area contributed by atoms with Crippen molar-refractivity contribution in [1.82, 2.24) is 9.88 Å². The summed E-state index contributed by atoms with van der Waals surface area (Å²) in [7, 11) is 0. The van der Waals surface area contributed by atoms with Gasteiger partial charge in [-0.15, -0.1) is 11.3 Å². The number of amides is 3. The molecule has 3 aromatic rings. The third-order valence-corrected chi connectivity index (χ3v) is 5.59. The number of aromatic nitrogens is 1. The lowest BCUT2D eigenvalue weighted by Gasteiger charge is -2.13. The number of benzene rings is 2. The highest BCUT2D eigenvalue weighted by Crippen LogP contribution is 2.27. The highest BCUT2D eigenvalue weighted by Gasteiger charge is 2.34. The Kier molecular flexibility index (Phi) is 5.22. The van der Waals surface area contributed by atoms with Crippen LogP contribution in [0.4, 0.5) is 5.13 Å². The van der Waals surface area contributed by atoms with Gasteiger partial charge in [0.15, 0.2) is 5.13 Å². The summed E-state index contributed by atoms with van der Waals surface area (Å²) >= 11 is 1.37. The predicted molar refractivity (Wildman–Crippen MR) is 112 cm³/mol. The molecular formula is C22H19N3O3S. The van der Waals surface area contributed by atoms with E-state index in [1.807, 2.05) is 36.6 Å². The molecule has 1 aliphatic rings. The van der Waals surface area contributed by atoms with Gasteiger partial charge in [-0.25, -0.2) is 4.98 Å². The summed E-state index contributed by atoms with van der Waals surface area (Å²) in [6, 6.07) is 14.7. The Hall–Kier alpha value is -3.32. The highest BCUT2D eigenvalue weighted by molar-refractivity contribution is 7.14. The zero-order chi connectivity index (χ0) is 20.4. The summed E-state index contributed by atoms with van der Waals surface area (Å²) in [6.07, 6.45) is 0.597. The molecule has 0 saturated heterocycles. The molecule has 3 amide bonds. The molecular weight excluding hydrogens is 386 g/mol. The van der Waals surface area contributed by atoms with Gasteiger partial charge in [-0.1, -0.05) is 36.4 Å². The molecule has 0 fully saturated rings. The fraction of sp³-hybridized carbons (Fsp3) is 0.182. The third kappa shape index (κ3) is 3.82. The van der Waals surface area contributed by atoms with Crippen molar-refractivity contribution in [2.75, 3.05) is 11.9 Å². The van der Waals surface area contributed by atoms with Crippen molar-refractivity contribution >= 4 is 34.2 Å². The van der Waals surface area contributed by atoms with Crippen LogP contribution in [0.3, 0.4) is 0 Å². The van der Waals surface area contributed by atoms with E-state index in [-0.39, 0.29) is 30.7 Å². The Balaban J connectivity index is 1.31. The van der Waals surface area contributed by atoms with E-state index in [1.165, 1.54) is 16.2 Å². The van der Waals surface area contributed by atoms with Crippen molar-refractivity contribution in [2.24, 2.45) is 0 Å². The Labute approximate surface area is 172 Å². The number of imide groups is 1. The van der Waals surface area contributed by atoms with E-state index in [2.05, 4.69) is 10.3 Å². The van der Waals surface area contributed by atoms with Crippen LogP contribution in [0.5, 0.6) is 0 Å². The van der Waals surface area contributed by atoms with Crippen molar-refractivity contribution in [3.63, 3.8) is 0 Å². The minimum absolute atomic E-state index is 0.188. The van der Waals surface area contributed by atoms with Gasteiger partial charge in [-0.3, -0.25) is 19.3 Å². The van der Waals surface area contributed by atoms with Crippen molar-refractivity contribution < 1.29 is 14.4 Å². The van der Waals surface area contributed by atoms with Gasteiger partial charge in [0.1, 0.15) is 0 Å². The van der Waals surface area contributed by atoms with E-state index in [0.29, 0.717) is 22.7 Å². The SMILES string of the molecule is Cc1ccccc1-c1csc(NC(=O)CCCN2C(=O)c3ccccc3C2=O)n1. The van der Waals surface area contributed by atoms with E-state index < -0.39 is 0 Å². The van der Waals surface area contributed by atoms with E-state index in [1.54, 1.807) is 24.3 Å². The number of nitrogens with one attached hydrogen (secondary N) is 1. The van der Waals surface area contributed by atoms with Gasteiger partial charge in [0, 0.05) is 23.9 Å². The fourth-order valence-corrected chi connectivity index (χ4v) is 4.06. The van der Waals surface area contributed by atoms with Crippen LogP contribution in [0.15, 0.2) is 53.9 Å². The smallest absolute Gasteiger partial charge is 0.261 e. The first kappa shape index (κ1) is 19.0. The quantitative estimate of drug-likeness (QED) is 0.625. The number of fused-ring (bicyclic) bond motifs is 1. The molecule has 7 heteroatoms. The fourth-order valence-electron chi connectivity index (χ4n) is 3.34.